The molecule has 0 amide bonds. The lowest BCUT2D eigenvalue weighted by Gasteiger charge is -2.35. The second-order valence-electron chi connectivity index (χ2n) is 6.99. The molecule has 1 saturated heterocycles. The van der Waals surface area contributed by atoms with Gasteiger partial charge in [-0.1, -0.05) is 24.3 Å². The number of piperazine rings is 1. The molecule has 1 aliphatic heterocycles. The first-order valence-electron chi connectivity index (χ1n) is 9.46. The van der Waals surface area contributed by atoms with Crippen molar-refractivity contribution in [2.45, 2.75) is 25.2 Å². The monoisotopic (exact) mass is 350 g/mol. The van der Waals surface area contributed by atoms with E-state index in [1.807, 2.05) is 6.07 Å². The van der Waals surface area contributed by atoms with E-state index in [0.717, 1.165) is 45.1 Å². The molecule has 1 aromatic heterocycles. The van der Waals surface area contributed by atoms with Gasteiger partial charge in [-0.05, 0) is 42.4 Å². The number of nitrogens with two attached hydrogens (primary N) is 1. The van der Waals surface area contributed by atoms with Crippen molar-refractivity contribution in [3.63, 3.8) is 0 Å². The van der Waals surface area contributed by atoms with Crippen LogP contribution >= 0.6 is 0 Å². The highest BCUT2D eigenvalue weighted by Gasteiger charge is 2.22. The number of hydrogen-bond donors (Lipinski definition) is 1. The van der Waals surface area contributed by atoms with E-state index in [9.17, 15) is 0 Å². The predicted molar refractivity (Wildman–Crippen MR) is 104 cm³/mol. The fraction of sp³-hybridized carbons (Fsp3) is 0.450. The lowest BCUT2D eigenvalue weighted by molar-refractivity contribution is 0.378. The highest BCUT2D eigenvalue weighted by molar-refractivity contribution is 5.78. The molecule has 1 aromatic carbocycles. The van der Waals surface area contributed by atoms with Gasteiger partial charge in [0, 0.05) is 45.1 Å². The predicted octanol–water partition coefficient (Wildman–Crippen LogP) is 2.03. The second kappa shape index (κ2) is 7.72. The first-order valence-corrected chi connectivity index (χ1v) is 9.46. The Kier molecular flexibility index (Phi) is 5.00. The van der Waals surface area contributed by atoms with Crippen molar-refractivity contribution < 1.29 is 0 Å². The van der Waals surface area contributed by atoms with Gasteiger partial charge in [-0.25, -0.2) is 9.97 Å². The first kappa shape index (κ1) is 16.8. The summed E-state index contributed by atoms with van der Waals surface area (Å²) in [7, 11) is 0. The molecule has 0 saturated carbocycles. The molecule has 26 heavy (non-hydrogen) atoms. The second-order valence-corrected chi connectivity index (χ2v) is 6.99. The van der Waals surface area contributed by atoms with Crippen molar-refractivity contribution in [1.29, 1.82) is 0 Å². The quantitative estimate of drug-likeness (QED) is 0.675. The van der Waals surface area contributed by atoms with Crippen LogP contribution in [0.3, 0.4) is 0 Å². The lowest BCUT2D eigenvalue weighted by Crippen LogP contribution is -2.51. The maximum atomic E-state index is 6.24. The van der Waals surface area contributed by atoms with E-state index in [0.29, 0.717) is 11.9 Å². The SMILES string of the molecule is NC(=NCCC1CCc2ccccc21)N1CCN(c2ncccn2)CC1. The van der Waals surface area contributed by atoms with Crippen molar-refractivity contribution in [3.05, 3.63) is 53.9 Å². The molecule has 2 N–H and O–H groups in total. The van der Waals surface area contributed by atoms with Gasteiger partial charge in [-0.15, -0.1) is 0 Å². The van der Waals surface area contributed by atoms with Crippen molar-refractivity contribution in [2.75, 3.05) is 37.6 Å². The number of aliphatic imine (C=N–C) groups is 1. The van der Waals surface area contributed by atoms with Gasteiger partial charge in [0.15, 0.2) is 5.96 Å². The summed E-state index contributed by atoms with van der Waals surface area (Å²) in [6.45, 7) is 4.26. The van der Waals surface area contributed by atoms with E-state index in [2.05, 4.69) is 49.0 Å². The number of hydrogen-bond acceptors (Lipinski definition) is 4. The van der Waals surface area contributed by atoms with Crippen LogP contribution in [0.4, 0.5) is 5.95 Å². The maximum Gasteiger partial charge on any atom is 0.225 e. The van der Waals surface area contributed by atoms with Crippen LogP contribution in [0.5, 0.6) is 0 Å². The Morgan fingerprint density at radius 3 is 2.65 bits per heavy atom. The van der Waals surface area contributed by atoms with Crippen LogP contribution in [0.15, 0.2) is 47.7 Å². The Labute approximate surface area is 154 Å². The largest absolute Gasteiger partial charge is 0.370 e. The number of benzene rings is 1. The fourth-order valence-corrected chi connectivity index (χ4v) is 3.97. The molecule has 2 aliphatic rings. The zero-order chi connectivity index (χ0) is 17.8. The molecule has 6 nitrogen and oxygen atoms in total. The van der Waals surface area contributed by atoms with Crippen LogP contribution in [0.1, 0.15) is 29.9 Å². The van der Waals surface area contributed by atoms with Crippen molar-refractivity contribution in [1.82, 2.24) is 14.9 Å². The minimum absolute atomic E-state index is 0.634. The van der Waals surface area contributed by atoms with E-state index in [-0.39, 0.29) is 0 Å². The topological polar surface area (TPSA) is 70.6 Å². The molecule has 1 aliphatic carbocycles. The molecule has 4 rings (SSSR count). The Hall–Kier alpha value is -2.63. The Morgan fingerprint density at radius 2 is 1.85 bits per heavy atom. The molecule has 0 spiro atoms. The van der Waals surface area contributed by atoms with Gasteiger partial charge >= 0.3 is 0 Å². The van der Waals surface area contributed by atoms with Gasteiger partial charge in [0.25, 0.3) is 0 Å². The van der Waals surface area contributed by atoms with Crippen LogP contribution in [0.25, 0.3) is 0 Å². The lowest BCUT2D eigenvalue weighted by atomic mass is 9.98. The average molecular weight is 350 g/mol. The molecular formula is C20H26N6. The van der Waals surface area contributed by atoms with Crippen molar-refractivity contribution in [2.24, 2.45) is 10.7 Å². The third-order valence-electron chi connectivity index (χ3n) is 5.45. The standard InChI is InChI=1S/C20H26N6/c21-19(22-11-8-17-7-6-16-4-1-2-5-18(16)17)25-12-14-26(15-13-25)20-23-9-3-10-24-20/h1-5,9-10,17H,6-8,11-15H2,(H2,21,22). The van der Waals surface area contributed by atoms with Gasteiger partial charge in [0.05, 0.1) is 0 Å². The van der Waals surface area contributed by atoms with Crippen LogP contribution in [-0.2, 0) is 6.42 Å². The number of rotatable bonds is 4. The summed E-state index contributed by atoms with van der Waals surface area (Å²) in [6, 6.07) is 10.6. The number of guanidine groups is 1. The zero-order valence-electron chi connectivity index (χ0n) is 15.1. The smallest absolute Gasteiger partial charge is 0.225 e. The maximum absolute atomic E-state index is 6.24. The summed E-state index contributed by atoms with van der Waals surface area (Å²) in [5, 5.41) is 0. The molecule has 0 bridgehead atoms. The van der Waals surface area contributed by atoms with E-state index in [1.165, 1.54) is 24.0 Å². The minimum Gasteiger partial charge on any atom is -0.370 e. The van der Waals surface area contributed by atoms with Crippen LogP contribution in [-0.4, -0.2) is 53.6 Å². The van der Waals surface area contributed by atoms with Gasteiger partial charge in [0.1, 0.15) is 0 Å². The van der Waals surface area contributed by atoms with E-state index >= 15 is 0 Å². The summed E-state index contributed by atoms with van der Waals surface area (Å²) in [4.78, 5) is 17.7. The molecule has 6 heteroatoms. The van der Waals surface area contributed by atoms with E-state index in [1.54, 1.807) is 12.4 Å². The molecule has 1 unspecified atom stereocenters. The molecular weight excluding hydrogens is 324 g/mol. The third-order valence-corrected chi connectivity index (χ3v) is 5.45. The summed E-state index contributed by atoms with van der Waals surface area (Å²) >= 11 is 0. The summed E-state index contributed by atoms with van der Waals surface area (Å²) in [6.07, 6.45) is 7.08. The van der Waals surface area contributed by atoms with Gasteiger partial charge in [-0.3, -0.25) is 4.99 Å². The van der Waals surface area contributed by atoms with Crippen LogP contribution in [0, 0.1) is 0 Å². The van der Waals surface area contributed by atoms with Crippen LogP contribution < -0.4 is 10.6 Å². The molecule has 1 atom stereocenters. The Morgan fingerprint density at radius 1 is 1.08 bits per heavy atom. The number of nitrogens with zero attached hydrogens (tertiary/aromatic N) is 5. The highest BCUT2D eigenvalue weighted by Crippen LogP contribution is 2.35. The number of anilines is 1. The Balaban J connectivity index is 1.27. The summed E-state index contributed by atoms with van der Waals surface area (Å²) in [5.74, 6) is 2.10. The zero-order valence-corrected chi connectivity index (χ0v) is 15.1. The molecule has 1 fully saturated rings. The number of aromatic nitrogens is 2. The normalized spacial score (nSPS) is 20.3. The number of aryl methyl sites for hydroxylation is 1. The number of fused-ring (bicyclic) bond motifs is 1. The first-order chi connectivity index (χ1) is 12.8. The molecule has 0 radical (unpaired) electrons. The summed E-state index contributed by atoms with van der Waals surface area (Å²) in [5.41, 5.74) is 9.26. The summed E-state index contributed by atoms with van der Waals surface area (Å²) < 4.78 is 0. The Bertz CT molecular complexity index is 752. The van der Waals surface area contributed by atoms with E-state index < -0.39 is 0 Å². The van der Waals surface area contributed by atoms with Gasteiger partial charge in [-0.2, -0.15) is 0 Å². The minimum atomic E-state index is 0.634. The van der Waals surface area contributed by atoms with Gasteiger partial charge < -0.3 is 15.5 Å². The van der Waals surface area contributed by atoms with Crippen molar-refractivity contribution >= 4 is 11.9 Å². The van der Waals surface area contributed by atoms with Crippen molar-refractivity contribution in [3.8, 4) is 0 Å². The highest BCUT2D eigenvalue weighted by atomic mass is 15.3. The fourth-order valence-electron chi connectivity index (χ4n) is 3.97. The third kappa shape index (κ3) is 3.64. The van der Waals surface area contributed by atoms with E-state index in [4.69, 9.17) is 5.73 Å². The van der Waals surface area contributed by atoms with Crippen LogP contribution in [0.2, 0.25) is 0 Å². The average Bonchev–Trinajstić information content (AvgIpc) is 3.12. The molecule has 136 valence electrons. The molecule has 2 aromatic rings. The van der Waals surface area contributed by atoms with Gasteiger partial charge in [0.2, 0.25) is 5.95 Å². The molecule has 2 heterocycles.